The van der Waals surface area contributed by atoms with E-state index in [9.17, 15) is 14.7 Å². The molecular weight excluding hydrogens is 292 g/mol. The van der Waals surface area contributed by atoms with Gasteiger partial charge < -0.3 is 15.5 Å². The number of amides is 1. The number of aromatic nitrogens is 1. The van der Waals surface area contributed by atoms with Crippen molar-refractivity contribution < 1.29 is 19.8 Å². The van der Waals surface area contributed by atoms with Crippen molar-refractivity contribution in [3.63, 3.8) is 0 Å². The summed E-state index contributed by atoms with van der Waals surface area (Å²) < 4.78 is 0.589. The smallest absolute Gasteiger partial charge is 0.337 e. The van der Waals surface area contributed by atoms with E-state index in [1.807, 2.05) is 0 Å². The zero-order valence-electron chi connectivity index (χ0n) is 8.98. The van der Waals surface area contributed by atoms with Crippen molar-refractivity contribution in [3.8, 4) is 0 Å². The van der Waals surface area contributed by atoms with Crippen molar-refractivity contribution in [3.05, 3.63) is 28.5 Å². The maximum Gasteiger partial charge on any atom is 0.337 e. The maximum atomic E-state index is 11.6. The molecule has 0 fully saturated rings. The number of aliphatic carboxylic acids is 1. The lowest BCUT2D eigenvalue weighted by atomic mass is 10.1. The molecule has 1 heterocycles. The fourth-order valence-corrected chi connectivity index (χ4v) is 1.17. The molecule has 1 amide bonds. The Bertz CT molecular complexity index is 430. The molecule has 7 heteroatoms. The third-order valence-electron chi connectivity index (χ3n) is 2.04. The van der Waals surface area contributed by atoms with Crippen molar-refractivity contribution in [2.24, 2.45) is 0 Å². The van der Waals surface area contributed by atoms with Crippen LogP contribution in [-0.4, -0.2) is 39.2 Å². The molecule has 1 rings (SSSR count). The largest absolute Gasteiger partial charge is 0.479 e. The van der Waals surface area contributed by atoms with Crippen LogP contribution in [0.15, 0.2) is 22.9 Å². The van der Waals surface area contributed by atoms with Crippen LogP contribution in [0.4, 0.5) is 0 Å². The number of carboxylic acids is 1. The van der Waals surface area contributed by atoms with Crippen LogP contribution < -0.4 is 5.32 Å². The van der Waals surface area contributed by atoms with Crippen LogP contribution in [-0.2, 0) is 4.79 Å². The number of pyridine rings is 1. The lowest BCUT2D eigenvalue weighted by Gasteiger charge is -2.18. The van der Waals surface area contributed by atoms with Gasteiger partial charge in [-0.3, -0.25) is 4.79 Å². The predicted molar refractivity (Wildman–Crippen MR) is 62.5 cm³/mol. The normalized spacial score (nSPS) is 13.8. The SMILES string of the molecule is CC(O)(CNC(=O)c1ccc(Br)nc1)C(=O)O. The Balaban J connectivity index is 2.62. The van der Waals surface area contributed by atoms with E-state index in [0.29, 0.717) is 4.60 Å². The molecule has 0 saturated heterocycles. The van der Waals surface area contributed by atoms with Crippen LogP contribution in [0, 0.1) is 0 Å². The Morgan fingerprint density at radius 1 is 1.53 bits per heavy atom. The van der Waals surface area contributed by atoms with E-state index in [4.69, 9.17) is 5.11 Å². The van der Waals surface area contributed by atoms with Gasteiger partial charge in [0.1, 0.15) is 4.60 Å². The zero-order valence-corrected chi connectivity index (χ0v) is 10.6. The molecule has 1 unspecified atom stereocenters. The molecule has 0 aromatic carbocycles. The van der Waals surface area contributed by atoms with Crippen LogP contribution in [0.3, 0.4) is 0 Å². The highest BCUT2D eigenvalue weighted by molar-refractivity contribution is 9.10. The third-order valence-corrected chi connectivity index (χ3v) is 2.51. The summed E-state index contributed by atoms with van der Waals surface area (Å²) in [7, 11) is 0. The molecule has 6 nitrogen and oxygen atoms in total. The minimum atomic E-state index is -1.99. The Morgan fingerprint density at radius 3 is 2.65 bits per heavy atom. The summed E-state index contributed by atoms with van der Waals surface area (Å²) in [6.45, 7) is 0.729. The van der Waals surface area contributed by atoms with Gasteiger partial charge >= 0.3 is 5.97 Å². The van der Waals surface area contributed by atoms with E-state index in [2.05, 4.69) is 26.2 Å². The Hall–Kier alpha value is -1.47. The summed E-state index contributed by atoms with van der Waals surface area (Å²) in [5.41, 5.74) is -1.70. The number of halogens is 1. The van der Waals surface area contributed by atoms with Gasteiger partial charge in [-0.25, -0.2) is 9.78 Å². The van der Waals surface area contributed by atoms with Gasteiger partial charge in [0, 0.05) is 6.20 Å². The van der Waals surface area contributed by atoms with Gasteiger partial charge in [0.15, 0.2) is 5.60 Å². The quantitative estimate of drug-likeness (QED) is 0.700. The summed E-state index contributed by atoms with van der Waals surface area (Å²) in [5, 5.41) is 20.4. The summed E-state index contributed by atoms with van der Waals surface area (Å²) in [6.07, 6.45) is 1.34. The molecule has 1 atom stereocenters. The standard InChI is InChI=1S/C10H11BrN2O4/c1-10(17,9(15)16)5-13-8(14)6-2-3-7(11)12-4-6/h2-4,17H,5H2,1H3,(H,13,14)(H,15,16). The fourth-order valence-electron chi connectivity index (χ4n) is 0.940. The Labute approximate surface area is 106 Å². The summed E-state index contributed by atoms with van der Waals surface area (Å²) in [6, 6.07) is 3.12. The van der Waals surface area contributed by atoms with Gasteiger partial charge in [0.05, 0.1) is 12.1 Å². The number of carbonyl (C=O) groups excluding carboxylic acids is 1. The van der Waals surface area contributed by atoms with Gasteiger partial charge in [-0.05, 0) is 35.0 Å². The summed E-state index contributed by atoms with van der Waals surface area (Å²) >= 11 is 3.12. The average Bonchev–Trinajstić information content (AvgIpc) is 2.27. The summed E-state index contributed by atoms with van der Waals surface area (Å²) in [5.74, 6) is -1.89. The zero-order chi connectivity index (χ0) is 13.1. The van der Waals surface area contributed by atoms with Crippen molar-refractivity contribution >= 4 is 27.8 Å². The van der Waals surface area contributed by atoms with E-state index in [-0.39, 0.29) is 12.1 Å². The Kier molecular flexibility index (Phi) is 4.19. The number of carbonyl (C=O) groups is 2. The molecule has 92 valence electrons. The molecule has 3 N–H and O–H groups in total. The molecule has 0 spiro atoms. The van der Waals surface area contributed by atoms with Gasteiger partial charge in [-0.2, -0.15) is 0 Å². The molecule has 0 aliphatic rings. The number of carboxylic acid groups (broad SMARTS) is 1. The van der Waals surface area contributed by atoms with E-state index >= 15 is 0 Å². The van der Waals surface area contributed by atoms with Crippen molar-refractivity contribution in [1.29, 1.82) is 0 Å². The number of nitrogens with one attached hydrogen (secondary N) is 1. The number of hydrogen-bond acceptors (Lipinski definition) is 4. The van der Waals surface area contributed by atoms with Gasteiger partial charge in [0.25, 0.3) is 5.91 Å². The molecular formula is C10H11BrN2O4. The van der Waals surface area contributed by atoms with E-state index < -0.39 is 17.5 Å². The van der Waals surface area contributed by atoms with Crippen LogP contribution in [0.2, 0.25) is 0 Å². The summed E-state index contributed by atoms with van der Waals surface area (Å²) in [4.78, 5) is 26.0. The minimum absolute atomic E-state index is 0.286. The van der Waals surface area contributed by atoms with Crippen molar-refractivity contribution in [2.45, 2.75) is 12.5 Å². The lowest BCUT2D eigenvalue weighted by Crippen LogP contribution is -2.46. The number of hydrogen-bond donors (Lipinski definition) is 3. The van der Waals surface area contributed by atoms with Gasteiger partial charge in [0.2, 0.25) is 0 Å². The second-order valence-electron chi connectivity index (χ2n) is 3.63. The number of rotatable bonds is 4. The molecule has 17 heavy (non-hydrogen) atoms. The highest BCUT2D eigenvalue weighted by Gasteiger charge is 2.30. The van der Waals surface area contributed by atoms with Crippen LogP contribution in [0.1, 0.15) is 17.3 Å². The predicted octanol–water partition coefficient (Wildman–Crippen LogP) is 0.410. The first-order chi connectivity index (χ1) is 7.83. The molecule has 0 radical (unpaired) electrons. The minimum Gasteiger partial charge on any atom is -0.479 e. The third kappa shape index (κ3) is 3.79. The first kappa shape index (κ1) is 13.6. The number of nitrogens with zero attached hydrogens (tertiary/aromatic N) is 1. The van der Waals surface area contributed by atoms with E-state index in [1.54, 1.807) is 6.07 Å². The van der Waals surface area contributed by atoms with E-state index in [1.165, 1.54) is 12.3 Å². The lowest BCUT2D eigenvalue weighted by molar-refractivity contribution is -0.155. The molecule has 0 bridgehead atoms. The van der Waals surface area contributed by atoms with Gasteiger partial charge in [-0.15, -0.1) is 0 Å². The van der Waals surface area contributed by atoms with Crippen molar-refractivity contribution in [1.82, 2.24) is 10.3 Å². The highest BCUT2D eigenvalue weighted by atomic mass is 79.9. The first-order valence-electron chi connectivity index (χ1n) is 4.68. The van der Waals surface area contributed by atoms with E-state index in [0.717, 1.165) is 6.92 Å². The molecule has 0 saturated carbocycles. The van der Waals surface area contributed by atoms with Crippen LogP contribution >= 0.6 is 15.9 Å². The second-order valence-corrected chi connectivity index (χ2v) is 4.44. The number of aliphatic hydroxyl groups is 1. The first-order valence-corrected chi connectivity index (χ1v) is 5.48. The monoisotopic (exact) mass is 302 g/mol. The molecule has 0 aliphatic carbocycles. The maximum absolute atomic E-state index is 11.6. The molecule has 1 aromatic rings. The van der Waals surface area contributed by atoms with Crippen molar-refractivity contribution in [2.75, 3.05) is 6.54 Å². The highest BCUT2D eigenvalue weighted by Crippen LogP contribution is 2.07. The molecule has 0 aliphatic heterocycles. The average molecular weight is 303 g/mol. The topological polar surface area (TPSA) is 99.5 Å². The van der Waals surface area contributed by atoms with Crippen LogP contribution in [0.5, 0.6) is 0 Å². The van der Waals surface area contributed by atoms with Crippen LogP contribution in [0.25, 0.3) is 0 Å². The van der Waals surface area contributed by atoms with Gasteiger partial charge in [-0.1, -0.05) is 0 Å². The Morgan fingerprint density at radius 2 is 2.18 bits per heavy atom. The second kappa shape index (κ2) is 5.24. The fraction of sp³-hybridized carbons (Fsp3) is 0.300. The molecule has 1 aromatic heterocycles.